The first-order valence-corrected chi connectivity index (χ1v) is 11.4. The molecule has 0 spiro atoms. The molecule has 2 amide bonds. The summed E-state index contributed by atoms with van der Waals surface area (Å²) in [6, 6.07) is 10.9. The molecular formula is C20H20ClF2N3O4S. The number of sulfonamides is 1. The largest absolute Gasteiger partial charge is 0.433 e. The van der Waals surface area contributed by atoms with Gasteiger partial charge in [-0.3, -0.25) is 4.90 Å². The van der Waals surface area contributed by atoms with Crippen LogP contribution >= 0.6 is 11.6 Å². The summed E-state index contributed by atoms with van der Waals surface area (Å²) in [5.74, 6) is 0.0000614. The summed E-state index contributed by atoms with van der Waals surface area (Å²) in [5.41, 5.74) is 0.560. The van der Waals surface area contributed by atoms with Crippen LogP contribution in [0.2, 0.25) is 5.02 Å². The second kappa shape index (κ2) is 7.92. The first-order chi connectivity index (χ1) is 14.5. The molecule has 2 aromatic rings. The van der Waals surface area contributed by atoms with E-state index in [9.17, 15) is 22.0 Å². The van der Waals surface area contributed by atoms with Gasteiger partial charge in [0, 0.05) is 36.8 Å². The fraction of sp³-hybridized carbons (Fsp3) is 0.350. The molecule has 0 bridgehead atoms. The average Bonchev–Trinajstić information content (AvgIpc) is 3.19. The van der Waals surface area contributed by atoms with Gasteiger partial charge in [-0.25, -0.2) is 17.9 Å². The third kappa shape index (κ3) is 4.76. The molecule has 11 heteroatoms. The number of ether oxygens (including phenoxy) is 1. The highest BCUT2D eigenvalue weighted by molar-refractivity contribution is 7.89. The maximum absolute atomic E-state index is 13.0. The van der Waals surface area contributed by atoms with Crippen LogP contribution in [0.15, 0.2) is 53.4 Å². The number of benzene rings is 2. The van der Waals surface area contributed by atoms with Crippen LogP contribution in [0.1, 0.15) is 13.3 Å². The van der Waals surface area contributed by atoms with Gasteiger partial charge in [-0.15, -0.1) is 0 Å². The maximum atomic E-state index is 13.0. The Kier molecular flexibility index (Phi) is 5.57. The molecule has 0 aromatic heterocycles. The molecule has 166 valence electrons. The lowest BCUT2D eigenvalue weighted by molar-refractivity contribution is -0.158. The summed E-state index contributed by atoms with van der Waals surface area (Å²) >= 11 is 5.81. The Bertz CT molecular complexity index is 1080. The molecule has 1 N–H and O–H groups in total. The first-order valence-electron chi connectivity index (χ1n) is 9.55. The van der Waals surface area contributed by atoms with E-state index in [4.69, 9.17) is 11.6 Å². The zero-order valence-electron chi connectivity index (χ0n) is 16.5. The van der Waals surface area contributed by atoms with Crippen molar-refractivity contribution in [3.05, 3.63) is 53.6 Å². The number of amides is 2. The highest BCUT2D eigenvalue weighted by Crippen LogP contribution is 2.32. The molecule has 2 aliphatic rings. The zero-order chi connectivity index (χ0) is 22.4. The topological polar surface area (TPSA) is 79.0 Å². The van der Waals surface area contributed by atoms with E-state index in [1.165, 1.54) is 36.4 Å². The molecule has 2 saturated heterocycles. The van der Waals surface area contributed by atoms with E-state index in [1.807, 2.05) is 0 Å². The molecule has 0 aliphatic carbocycles. The third-order valence-corrected chi connectivity index (χ3v) is 6.96. The van der Waals surface area contributed by atoms with Crippen LogP contribution in [-0.4, -0.2) is 50.6 Å². The lowest BCUT2D eigenvalue weighted by Gasteiger charge is -2.20. The Morgan fingerprint density at radius 1 is 1.10 bits per heavy atom. The van der Waals surface area contributed by atoms with Gasteiger partial charge in [-0.1, -0.05) is 11.6 Å². The number of carbonyl (C=O) groups excluding carboxylic acids is 1. The van der Waals surface area contributed by atoms with Gasteiger partial charge in [0.15, 0.2) is 0 Å². The number of carbonyl (C=O) groups is 1. The zero-order valence-corrected chi connectivity index (χ0v) is 18.0. The van der Waals surface area contributed by atoms with Crippen molar-refractivity contribution in [2.45, 2.75) is 36.4 Å². The van der Waals surface area contributed by atoms with Crippen molar-refractivity contribution >= 4 is 33.3 Å². The van der Waals surface area contributed by atoms with Gasteiger partial charge in [0.2, 0.25) is 10.0 Å². The molecule has 2 atom stereocenters. The van der Waals surface area contributed by atoms with Crippen LogP contribution < -0.4 is 14.4 Å². The van der Waals surface area contributed by atoms with Crippen LogP contribution in [0.4, 0.5) is 19.3 Å². The minimum atomic E-state index is -3.73. The van der Waals surface area contributed by atoms with Crippen LogP contribution in [0.25, 0.3) is 0 Å². The summed E-state index contributed by atoms with van der Waals surface area (Å²) in [6.45, 7) is 1.27. The van der Waals surface area contributed by atoms with Gasteiger partial charge in [0.1, 0.15) is 5.75 Å². The number of hydrogen-bond donors (Lipinski definition) is 1. The van der Waals surface area contributed by atoms with Crippen LogP contribution in [0.5, 0.6) is 5.75 Å². The lowest BCUT2D eigenvalue weighted by atomic mass is 10.2. The number of nitrogens with one attached hydrogen (secondary N) is 1. The fourth-order valence-electron chi connectivity index (χ4n) is 3.87. The molecule has 0 saturated carbocycles. The summed E-state index contributed by atoms with van der Waals surface area (Å²) in [7, 11) is -3.73. The van der Waals surface area contributed by atoms with E-state index < -0.39 is 22.2 Å². The van der Waals surface area contributed by atoms with E-state index >= 15 is 0 Å². The quantitative estimate of drug-likeness (QED) is 0.697. The predicted octanol–water partition coefficient (Wildman–Crippen LogP) is 3.69. The van der Waals surface area contributed by atoms with E-state index in [1.54, 1.807) is 21.9 Å². The minimum Gasteiger partial charge on any atom is -0.433 e. The van der Waals surface area contributed by atoms with Crippen molar-refractivity contribution in [1.82, 2.24) is 9.62 Å². The summed E-state index contributed by atoms with van der Waals surface area (Å²) in [6.07, 6.45) is -2.82. The normalized spacial score (nSPS) is 21.5. The van der Waals surface area contributed by atoms with E-state index in [2.05, 4.69) is 9.46 Å². The SMILES string of the molecule is CC(F)(F)Oc1ccc(N2CC3CC(NS(=O)(=O)c4ccc(Cl)cc4)CN3C2=O)cc1. The van der Waals surface area contributed by atoms with Gasteiger partial charge in [0.05, 0.1) is 10.9 Å². The van der Waals surface area contributed by atoms with E-state index in [0.717, 1.165) is 0 Å². The predicted molar refractivity (Wildman–Crippen MR) is 111 cm³/mol. The number of alkyl halides is 2. The highest BCUT2D eigenvalue weighted by atomic mass is 35.5. The van der Waals surface area contributed by atoms with Crippen LogP contribution in [0, 0.1) is 0 Å². The Labute approximate surface area is 183 Å². The molecule has 2 fully saturated rings. The van der Waals surface area contributed by atoms with Gasteiger partial charge in [-0.2, -0.15) is 8.78 Å². The fourth-order valence-corrected chi connectivity index (χ4v) is 5.24. The second-order valence-electron chi connectivity index (χ2n) is 7.61. The lowest BCUT2D eigenvalue weighted by Crippen LogP contribution is -2.40. The molecular weight excluding hydrogens is 452 g/mol. The van der Waals surface area contributed by atoms with Gasteiger partial charge in [0.25, 0.3) is 0 Å². The van der Waals surface area contributed by atoms with Gasteiger partial charge in [-0.05, 0) is 55.0 Å². The van der Waals surface area contributed by atoms with Gasteiger partial charge >= 0.3 is 12.1 Å². The molecule has 31 heavy (non-hydrogen) atoms. The Morgan fingerprint density at radius 3 is 2.32 bits per heavy atom. The molecule has 0 radical (unpaired) electrons. The van der Waals surface area contributed by atoms with Crippen LogP contribution in [-0.2, 0) is 10.0 Å². The Hall–Kier alpha value is -2.43. The summed E-state index contributed by atoms with van der Waals surface area (Å²) in [4.78, 5) is 16.1. The Balaban J connectivity index is 1.40. The smallest absolute Gasteiger partial charge is 0.394 e. The number of halogens is 3. The molecule has 2 aromatic carbocycles. The molecule has 2 unspecified atom stereocenters. The molecule has 2 heterocycles. The van der Waals surface area contributed by atoms with Crippen molar-refractivity contribution in [2.75, 3.05) is 18.0 Å². The van der Waals surface area contributed by atoms with Crippen LogP contribution in [0.3, 0.4) is 0 Å². The number of fused-ring (bicyclic) bond motifs is 1. The summed E-state index contributed by atoms with van der Waals surface area (Å²) < 4.78 is 58.2. The Morgan fingerprint density at radius 2 is 1.74 bits per heavy atom. The number of anilines is 1. The molecule has 4 rings (SSSR count). The van der Waals surface area contributed by atoms with Crippen molar-refractivity contribution < 1.29 is 26.7 Å². The average molecular weight is 472 g/mol. The maximum Gasteiger partial charge on any atom is 0.394 e. The summed E-state index contributed by atoms with van der Waals surface area (Å²) in [5, 5.41) is 0.439. The monoisotopic (exact) mass is 471 g/mol. The first kappa shape index (κ1) is 21.8. The standard InChI is InChI=1S/C20H20ClF2N3O4S/c1-20(22,23)30-17-6-4-15(5-7-17)26-12-16-10-14(11-25(16)19(26)27)24-31(28,29)18-8-2-13(21)3-9-18/h2-9,14,16,24H,10-12H2,1H3. The van der Waals surface area contributed by atoms with E-state index in [0.29, 0.717) is 30.6 Å². The van der Waals surface area contributed by atoms with Crippen molar-refractivity contribution in [3.63, 3.8) is 0 Å². The number of rotatable bonds is 6. The third-order valence-electron chi connectivity index (χ3n) is 5.18. The minimum absolute atomic E-state index is 0.0000614. The van der Waals surface area contributed by atoms with Crippen molar-refractivity contribution in [3.8, 4) is 5.75 Å². The molecule has 7 nitrogen and oxygen atoms in total. The van der Waals surface area contributed by atoms with Gasteiger partial charge < -0.3 is 9.64 Å². The van der Waals surface area contributed by atoms with Crippen molar-refractivity contribution in [2.24, 2.45) is 0 Å². The number of hydrogen-bond acceptors (Lipinski definition) is 4. The number of urea groups is 1. The van der Waals surface area contributed by atoms with Crippen molar-refractivity contribution in [1.29, 1.82) is 0 Å². The van der Waals surface area contributed by atoms with E-state index in [-0.39, 0.29) is 29.3 Å². The second-order valence-corrected chi connectivity index (χ2v) is 9.76. The highest BCUT2D eigenvalue weighted by Gasteiger charge is 2.45. The number of nitrogens with zero attached hydrogens (tertiary/aromatic N) is 2. The molecule has 2 aliphatic heterocycles.